The average Bonchev–Trinajstić information content (AvgIpc) is 2.53. The van der Waals surface area contributed by atoms with Crippen LogP contribution in [0, 0.1) is 0 Å². The van der Waals surface area contributed by atoms with Crippen molar-refractivity contribution >= 4 is 11.8 Å². The molecule has 0 bridgehead atoms. The second-order valence-corrected chi connectivity index (χ2v) is 5.82. The maximum atomic E-state index is 5.54. The van der Waals surface area contributed by atoms with Crippen LogP contribution >= 0.6 is 11.8 Å². The van der Waals surface area contributed by atoms with Crippen LogP contribution in [0.5, 0.6) is 0 Å². The number of rotatable bonds is 12. The van der Waals surface area contributed by atoms with Crippen molar-refractivity contribution in [2.45, 2.75) is 17.9 Å². The van der Waals surface area contributed by atoms with Crippen molar-refractivity contribution in [3.63, 3.8) is 0 Å². The largest absolute Gasteiger partial charge is 0.382 e. The summed E-state index contributed by atoms with van der Waals surface area (Å²) >= 11 is 1.82. The number of benzene rings is 1. The van der Waals surface area contributed by atoms with E-state index in [1.165, 1.54) is 10.5 Å². The summed E-state index contributed by atoms with van der Waals surface area (Å²) in [6.07, 6.45) is 0. The number of nitrogens with one attached hydrogen (secondary N) is 1. The summed E-state index contributed by atoms with van der Waals surface area (Å²) in [6, 6.07) is 9.02. The van der Waals surface area contributed by atoms with Gasteiger partial charge in [-0.05, 0) is 31.7 Å². The molecular weight excluding hydrogens is 286 g/mol. The Morgan fingerprint density at radius 3 is 2.52 bits per heavy atom. The first-order chi connectivity index (χ1) is 10.3. The summed E-state index contributed by atoms with van der Waals surface area (Å²) in [7, 11) is 3.65. The molecule has 0 amide bonds. The number of hydrogen-bond donors (Lipinski definition) is 1. The summed E-state index contributed by atoms with van der Waals surface area (Å²) in [5.74, 6) is 0.954. The van der Waals surface area contributed by atoms with Crippen LogP contribution in [0.25, 0.3) is 0 Å². The van der Waals surface area contributed by atoms with E-state index >= 15 is 0 Å². The predicted octanol–water partition coefficient (Wildman–Crippen LogP) is 2.74. The molecule has 4 nitrogen and oxygen atoms in total. The van der Waals surface area contributed by atoms with Gasteiger partial charge in [0, 0.05) is 23.8 Å². The van der Waals surface area contributed by atoms with Crippen molar-refractivity contribution in [2.24, 2.45) is 0 Å². The van der Waals surface area contributed by atoms with Crippen LogP contribution in [0.1, 0.15) is 18.5 Å². The first kappa shape index (κ1) is 18.5. The Hall–Kier alpha value is -0.590. The van der Waals surface area contributed by atoms with Gasteiger partial charge in [-0.15, -0.1) is 11.8 Å². The molecule has 0 fully saturated rings. The lowest BCUT2D eigenvalue weighted by Gasteiger charge is -2.12. The molecule has 0 aliphatic rings. The normalized spacial score (nSPS) is 12.5. The maximum Gasteiger partial charge on any atom is 0.0701 e. The Morgan fingerprint density at radius 1 is 1.10 bits per heavy atom. The molecule has 0 radical (unpaired) electrons. The second-order valence-electron chi connectivity index (χ2n) is 4.65. The highest BCUT2D eigenvalue weighted by atomic mass is 32.2. The van der Waals surface area contributed by atoms with Gasteiger partial charge in [0.05, 0.1) is 33.0 Å². The molecule has 5 heteroatoms. The molecule has 1 aromatic carbocycles. The van der Waals surface area contributed by atoms with Crippen LogP contribution in [-0.4, -0.2) is 52.9 Å². The Kier molecular flexibility index (Phi) is 10.6. The molecule has 1 unspecified atom stereocenters. The Labute approximate surface area is 132 Å². The van der Waals surface area contributed by atoms with Gasteiger partial charge in [0.25, 0.3) is 0 Å². The van der Waals surface area contributed by atoms with Crippen LogP contribution < -0.4 is 5.32 Å². The van der Waals surface area contributed by atoms with E-state index in [1.807, 2.05) is 18.8 Å². The third kappa shape index (κ3) is 8.44. The van der Waals surface area contributed by atoms with E-state index in [9.17, 15) is 0 Å². The zero-order valence-electron chi connectivity index (χ0n) is 13.3. The van der Waals surface area contributed by atoms with Crippen LogP contribution in [0.4, 0.5) is 0 Å². The summed E-state index contributed by atoms with van der Waals surface area (Å²) in [4.78, 5) is 1.29. The lowest BCUT2D eigenvalue weighted by Crippen LogP contribution is -2.12. The topological polar surface area (TPSA) is 39.7 Å². The molecule has 0 aromatic heterocycles. The third-order valence-corrected chi connectivity index (χ3v) is 4.05. The highest BCUT2D eigenvalue weighted by Gasteiger charge is 2.03. The van der Waals surface area contributed by atoms with Crippen molar-refractivity contribution in [3.05, 3.63) is 29.8 Å². The number of thioether (sulfide) groups is 1. The van der Waals surface area contributed by atoms with Gasteiger partial charge < -0.3 is 19.5 Å². The summed E-state index contributed by atoms with van der Waals surface area (Å²) in [6.45, 7) is 5.44. The minimum atomic E-state index is 0.381. The second kappa shape index (κ2) is 12.0. The van der Waals surface area contributed by atoms with Crippen molar-refractivity contribution in [3.8, 4) is 0 Å². The Morgan fingerprint density at radius 2 is 1.81 bits per heavy atom. The van der Waals surface area contributed by atoms with Crippen molar-refractivity contribution in [1.82, 2.24) is 5.32 Å². The highest BCUT2D eigenvalue weighted by Crippen LogP contribution is 2.22. The summed E-state index contributed by atoms with van der Waals surface area (Å²) in [5.41, 5.74) is 1.31. The minimum absolute atomic E-state index is 0.381. The minimum Gasteiger partial charge on any atom is -0.382 e. The summed E-state index contributed by atoms with van der Waals surface area (Å²) in [5, 5.41) is 3.26. The summed E-state index contributed by atoms with van der Waals surface area (Å²) < 4.78 is 15.8. The zero-order valence-corrected chi connectivity index (χ0v) is 14.1. The van der Waals surface area contributed by atoms with Crippen LogP contribution in [0.2, 0.25) is 0 Å². The fourth-order valence-electron chi connectivity index (χ4n) is 1.72. The number of hydrogen-bond acceptors (Lipinski definition) is 5. The van der Waals surface area contributed by atoms with Gasteiger partial charge >= 0.3 is 0 Å². The van der Waals surface area contributed by atoms with Crippen molar-refractivity contribution in [2.75, 3.05) is 52.9 Å². The smallest absolute Gasteiger partial charge is 0.0701 e. The molecule has 0 aliphatic carbocycles. The fraction of sp³-hybridized carbons (Fsp3) is 0.625. The monoisotopic (exact) mass is 313 g/mol. The molecular formula is C16H27NO3S. The van der Waals surface area contributed by atoms with E-state index in [4.69, 9.17) is 14.2 Å². The van der Waals surface area contributed by atoms with Gasteiger partial charge in [-0.1, -0.05) is 12.1 Å². The molecule has 0 spiro atoms. The van der Waals surface area contributed by atoms with E-state index in [0.29, 0.717) is 32.5 Å². The SMILES string of the molecule is CNC(C)c1cccc(SCCOCCOCCOC)c1. The average molecular weight is 313 g/mol. The Bertz CT molecular complexity index is 376. The first-order valence-corrected chi connectivity index (χ1v) is 8.31. The van der Waals surface area contributed by atoms with Crippen LogP contribution in [0.15, 0.2) is 29.2 Å². The van der Waals surface area contributed by atoms with Gasteiger partial charge in [0.1, 0.15) is 0 Å². The Balaban J connectivity index is 2.10. The lowest BCUT2D eigenvalue weighted by molar-refractivity contribution is 0.0286. The fourth-order valence-corrected chi connectivity index (χ4v) is 2.55. The van der Waals surface area contributed by atoms with Gasteiger partial charge in [-0.3, -0.25) is 0 Å². The molecule has 1 rings (SSSR count). The van der Waals surface area contributed by atoms with Crippen LogP contribution in [-0.2, 0) is 14.2 Å². The number of ether oxygens (including phenoxy) is 3. The molecule has 0 saturated heterocycles. The molecule has 1 N–H and O–H groups in total. The standard InChI is InChI=1S/C16H27NO3S/c1-14(17-2)15-5-4-6-16(13-15)21-12-11-20-10-9-19-8-7-18-3/h4-6,13-14,17H,7-12H2,1-3H3. The molecule has 21 heavy (non-hydrogen) atoms. The van der Waals surface area contributed by atoms with Crippen molar-refractivity contribution < 1.29 is 14.2 Å². The molecule has 0 saturated carbocycles. The molecule has 0 heterocycles. The highest BCUT2D eigenvalue weighted by molar-refractivity contribution is 7.99. The van der Waals surface area contributed by atoms with E-state index in [-0.39, 0.29) is 0 Å². The molecule has 1 atom stereocenters. The van der Waals surface area contributed by atoms with E-state index in [0.717, 1.165) is 12.4 Å². The predicted molar refractivity (Wildman–Crippen MR) is 88.2 cm³/mol. The van der Waals surface area contributed by atoms with E-state index in [1.54, 1.807) is 7.11 Å². The van der Waals surface area contributed by atoms with E-state index < -0.39 is 0 Å². The molecule has 1 aromatic rings. The van der Waals surface area contributed by atoms with Gasteiger partial charge in [0.15, 0.2) is 0 Å². The maximum absolute atomic E-state index is 5.54. The van der Waals surface area contributed by atoms with E-state index in [2.05, 4.69) is 36.5 Å². The van der Waals surface area contributed by atoms with Gasteiger partial charge in [0.2, 0.25) is 0 Å². The van der Waals surface area contributed by atoms with Crippen molar-refractivity contribution in [1.29, 1.82) is 0 Å². The molecule has 0 aliphatic heterocycles. The third-order valence-electron chi connectivity index (χ3n) is 3.09. The van der Waals surface area contributed by atoms with Crippen LogP contribution in [0.3, 0.4) is 0 Å². The number of methoxy groups -OCH3 is 1. The zero-order chi connectivity index (χ0) is 15.3. The molecule has 120 valence electrons. The quantitative estimate of drug-likeness (QED) is 0.474. The van der Waals surface area contributed by atoms with Gasteiger partial charge in [-0.25, -0.2) is 0 Å². The lowest BCUT2D eigenvalue weighted by atomic mass is 10.1. The van der Waals surface area contributed by atoms with Gasteiger partial charge in [-0.2, -0.15) is 0 Å². The first-order valence-electron chi connectivity index (χ1n) is 7.32.